The molecule has 3 rings (SSSR count). The second kappa shape index (κ2) is 8.26. The van der Waals surface area contributed by atoms with Gasteiger partial charge < -0.3 is 4.98 Å². The first-order valence-corrected chi connectivity index (χ1v) is 8.46. The van der Waals surface area contributed by atoms with E-state index in [1.54, 1.807) is 0 Å². The maximum atomic E-state index is 13.4. The molecule has 2 aromatic heterocycles. The zero-order valence-corrected chi connectivity index (χ0v) is 15.2. The Hall–Kier alpha value is -2.85. The summed E-state index contributed by atoms with van der Waals surface area (Å²) in [6.07, 6.45) is -6.22. The molecule has 2 N–H and O–H groups in total. The van der Waals surface area contributed by atoms with E-state index in [4.69, 9.17) is 11.8 Å². The molecule has 0 saturated heterocycles. The van der Waals surface area contributed by atoms with Crippen molar-refractivity contribution in [3.05, 3.63) is 69.9 Å². The summed E-state index contributed by atoms with van der Waals surface area (Å²) in [5.41, 5.74) is -1.60. The van der Waals surface area contributed by atoms with Crippen LogP contribution in [0.3, 0.4) is 0 Å². The fourth-order valence-electron chi connectivity index (χ4n) is 2.66. The fraction of sp³-hybridized carbons (Fsp3) is 0.167. The molecule has 0 saturated carbocycles. The number of H-pyrrole nitrogens is 1. The van der Waals surface area contributed by atoms with Crippen molar-refractivity contribution in [3.63, 3.8) is 0 Å². The number of aromatic nitrogens is 3. The van der Waals surface area contributed by atoms with E-state index >= 15 is 0 Å². The van der Waals surface area contributed by atoms with Crippen LogP contribution in [-0.4, -0.2) is 15.0 Å². The van der Waals surface area contributed by atoms with Gasteiger partial charge in [0.2, 0.25) is 0 Å². The van der Waals surface area contributed by atoms with E-state index in [0.29, 0.717) is 5.56 Å². The van der Waals surface area contributed by atoms with Crippen molar-refractivity contribution in [2.45, 2.75) is 19.1 Å². The average molecular weight is 431 g/mol. The van der Waals surface area contributed by atoms with Crippen molar-refractivity contribution in [1.29, 1.82) is 0 Å². The van der Waals surface area contributed by atoms with Gasteiger partial charge in [0.25, 0.3) is 6.43 Å². The van der Waals surface area contributed by atoms with Crippen LogP contribution in [-0.2, 0) is 12.7 Å². The lowest BCUT2D eigenvalue weighted by molar-refractivity contribution is -0.137. The van der Waals surface area contributed by atoms with E-state index in [2.05, 4.69) is 19.8 Å². The van der Waals surface area contributed by atoms with Crippen LogP contribution in [0.2, 0.25) is 0 Å². The summed E-state index contributed by atoms with van der Waals surface area (Å²) < 4.78 is 65.0. The number of halogens is 6. The molecule has 0 radical (unpaired) electrons. The molecule has 152 valence electrons. The number of nitrogens with one attached hydrogen (secondary N) is 2. The molecule has 2 heterocycles. The molecule has 1 aromatic carbocycles. The Kier molecular flexibility index (Phi) is 5.94. The number of alkyl halides is 5. The normalized spacial score (nSPS) is 11.8. The Morgan fingerprint density at radius 3 is 2.41 bits per heavy atom. The van der Waals surface area contributed by atoms with Crippen LogP contribution in [0.4, 0.5) is 22.0 Å². The SMILES string of the molecule is O=c1nc(-c2ccc(C(F)(F)F)cc2)cc(-c2cc(CNCl)cnc2C(F)F)[nH]1. The molecule has 0 aliphatic rings. The van der Waals surface area contributed by atoms with E-state index in [0.717, 1.165) is 24.3 Å². The molecule has 0 amide bonds. The smallest absolute Gasteiger partial charge is 0.305 e. The minimum absolute atomic E-state index is 0.000814. The van der Waals surface area contributed by atoms with Gasteiger partial charge in [0.05, 0.1) is 17.0 Å². The topological polar surface area (TPSA) is 70.7 Å². The Balaban J connectivity index is 2.10. The number of benzene rings is 1. The lowest BCUT2D eigenvalue weighted by atomic mass is 10.0. The molecule has 0 aliphatic carbocycles. The fourth-order valence-corrected chi connectivity index (χ4v) is 2.82. The van der Waals surface area contributed by atoms with Crippen molar-refractivity contribution >= 4 is 11.8 Å². The molecule has 0 aliphatic heterocycles. The number of pyridine rings is 1. The highest BCUT2D eigenvalue weighted by Gasteiger charge is 2.30. The predicted molar refractivity (Wildman–Crippen MR) is 96.2 cm³/mol. The van der Waals surface area contributed by atoms with Gasteiger partial charge in [-0.15, -0.1) is 0 Å². The van der Waals surface area contributed by atoms with Crippen molar-refractivity contribution in [2.75, 3.05) is 0 Å². The summed E-state index contributed by atoms with van der Waals surface area (Å²) in [6.45, 7) is 0.131. The van der Waals surface area contributed by atoms with Crippen LogP contribution in [0.5, 0.6) is 0 Å². The lowest BCUT2D eigenvalue weighted by Crippen LogP contribution is -2.13. The van der Waals surface area contributed by atoms with E-state index in [1.165, 1.54) is 18.3 Å². The summed E-state index contributed by atoms with van der Waals surface area (Å²) in [5, 5.41) is 0. The van der Waals surface area contributed by atoms with Crippen LogP contribution in [0.1, 0.15) is 23.2 Å². The molecule has 0 spiro atoms. The van der Waals surface area contributed by atoms with Gasteiger partial charge in [0, 0.05) is 23.9 Å². The molecule has 11 heteroatoms. The van der Waals surface area contributed by atoms with Gasteiger partial charge in [-0.3, -0.25) is 4.98 Å². The second-order valence-corrected chi connectivity index (χ2v) is 6.22. The number of aromatic amines is 1. The molecule has 0 bridgehead atoms. The Morgan fingerprint density at radius 1 is 1.14 bits per heavy atom. The van der Waals surface area contributed by atoms with Crippen LogP contribution < -0.4 is 10.5 Å². The van der Waals surface area contributed by atoms with Gasteiger partial charge in [-0.05, 0) is 41.6 Å². The standard InChI is InChI=1S/C18H12ClF5N4O/c19-26-8-9-5-12(15(16(20)21)25-7-9)14-6-13(27-17(29)28-14)10-1-3-11(4-2-10)18(22,23)24/h1-7,16,26H,8H2,(H,27,28,29). The highest BCUT2D eigenvalue weighted by atomic mass is 35.5. The molecule has 29 heavy (non-hydrogen) atoms. The van der Waals surface area contributed by atoms with Crippen molar-refractivity contribution < 1.29 is 22.0 Å². The molecular weight excluding hydrogens is 419 g/mol. The minimum Gasteiger partial charge on any atom is -0.305 e. The molecule has 0 atom stereocenters. The van der Waals surface area contributed by atoms with E-state index < -0.39 is 29.5 Å². The molecule has 3 aromatic rings. The summed E-state index contributed by atoms with van der Waals surface area (Å²) in [7, 11) is 0. The summed E-state index contributed by atoms with van der Waals surface area (Å²) >= 11 is 5.44. The van der Waals surface area contributed by atoms with E-state index in [9.17, 15) is 26.7 Å². The van der Waals surface area contributed by atoms with Gasteiger partial charge >= 0.3 is 11.9 Å². The lowest BCUT2D eigenvalue weighted by Gasteiger charge is -2.12. The molecule has 0 unspecified atom stereocenters. The van der Waals surface area contributed by atoms with Crippen LogP contribution >= 0.6 is 11.8 Å². The summed E-state index contributed by atoms with van der Waals surface area (Å²) in [6, 6.07) is 6.66. The second-order valence-electron chi connectivity index (χ2n) is 5.95. The third-order valence-electron chi connectivity index (χ3n) is 4.00. The van der Waals surface area contributed by atoms with Gasteiger partial charge in [0.1, 0.15) is 5.69 Å². The molecular formula is C18H12ClF5N4O. The van der Waals surface area contributed by atoms with Crippen LogP contribution in [0.25, 0.3) is 22.5 Å². The van der Waals surface area contributed by atoms with Crippen LogP contribution in [0, 0.1) is 0 Å². The third-order valence-corrected chi connectivity index (χ3v) is 4.13. The number of hydrogen-bond acceptors (Lipinski definition) is 4. The van der Waals surface area contributed by atoms with Gasteiger partial charge in [-0.1, -0.05) is 12.1 Å². The minimum atomic E-state index is -4.51. The van der Waals surface area contributed by atoms with Crippen LogP contribution in [0.15, 0.2) is 47.4 Å². The average Bonchev–Trinajstić information content (AvgIpc) is 2.67. The largest absolute Gasteiger partial charge is 0.416 e. The number of rotatable bonds is 5. The maximum absolute atomic E-state index is 13.4. The van der Waals surface area contributed by atoms with Gasteiger partial charge in [-0.25, -0.2) is 18.4 Å². The maximum Gasteiger partial charge on any atom is 0.416 e. The summed E-state index contributed by atoms with van der Waals surface area (Å²) in [5.74, 6) is 0. The highest BCUT2D eigenvalue weighted by molar-refractivity contribution is 6.13. The third kappa shape index (κ3) is 4.77. The van der Waals surface area contributed by atoms with Crippen molar-refractivity contribution in [2.24, 2.45) is 0 Å². The first-order chi connectivity index (χ1) is 13.7. The summed E-state index contributed by atoms with van der Waals surface area (Å²) in [4.78, 5) is 24.1. The van der Waals surface area contributed by atoms with Gasteiger partial charge in [0.15, 0.2) is 0 Å². The number of nitrogens with zero attached hydrogens (tertiary/aromatic N) is 2. The monoisotopic (exact) mass is 430 g/mol. The quantitative estimate of drug-likeness (QED) is 0.455. The number of hydrogen-bond donors (Lipinski definition) is 2. The Bertz CT molecular complexity index is 1070. The first-order valence-electron chi connectivity index (χ1n) is 8.09. The first kappa shape index (κ1) is 20.9. The zero-order valence-electron chi connectivity index (χ0n) is 14.4. The van der Waals surface area contributed by atoms with Crippen molar-refractivity contribution in [3.8, 4) is 22.5 Å². The Labute approximate surface area is 165 Å². The molecule has 0 fully saturated rings. The zero-order chi connectivity index (χ0) is 21.2. The highest BCUT2D eigenvalue weighted by Crippen LogP contribution is 2.32. The Morgan fingerprint density at radius 2 is 1.83 bits per heavy atom. The van der Waals surface area contributed by atoms with Gasteiger partial charge in [-0.2, -0.15) is 18.2 Å². The predicted octanol–water partition coefficient (Wildman–Crippen LogP) is 4.70. The van der Waals surface area contributed by atoms with E-state index in [-0.39, 0.29) is 29.1 Å². The molecule has 5 nitrogen and oxygen atoms in total. The van der Waals surface area contributed by atoms with E-state index in [1.807, 2.05) is 0 Å². The van der Waals surface area contributed by atoms with Crippen molar-refractivity contribution in [1.82, 2.24) is 19.8 Å².